The predicted octanol–water partition coefficient (Wildman–Crippen LogP) is 1.20. The smallest absolute Gasteiger partial charge is 0.243 e. The summed E-state index contributed by atoms with van der Waals surface area (Å²) in [4.78, 5) is 23.5. The Morgan fingerprint density at radius 2 is 2.30 bits per heavy atom. The lowest BCUT2D eigenvalue weighted by molar-refractivity contribution is -0.129. The van der Waals surface area contributed by atoms with E-state index in [1.807, 2.05) is 6.92 Å². The second kappa shape index (κ2) is 6.49. The highest BCUT2D eigenvalue weighted by atomic mass is 35.5. The number of anilines is 1. The van der Waals surface area contributed by atoms with Gasteiger partial charge in [0.15, 0.2) is 17.0 Å². The first-order chi connectivity index (χ1) is 9.65. The quantitative estimate of drug-likeness (QED) is 0.420. The van der Waals surface area contributed by atoms with Gasteiger partial charge in [0.05, 0.1) is 6.33 Å². The standard InChI is InChI=1S/C11H15ClN6O2/c1-2-13-9-8-10(16-11(12)15-9)18(6-14-8)5-3-4-7(19)17-20/h6,20H,2-5H2,1H3,(H,17,19)(H,13,15,16). The van der Waals surface area contributed by atoms with Crippen molar-refractivity contribution in [1.29, 1.82) is 0 Å². The molecule has 0 aromatic carbocycles. The molecule has 0 saturated carbocycles. The first-order valence-corrected chi connectivity index (χ1v) is 6.58. The topological polar surface area (TPSA) is 105 Å². The molecule has 0 aliphatic rings. The van der Waals surface area contributed by atoms with Gasteiger partial charge in [0.25, 0.3) is 0 Å². The number of hydrogen-bond donors (Lipinski definition) is 3. The molecule has 3 N–H and O–H groups in total. The first-order valence-electron chi connectivity index (χ1n) is 6.21. The van der Waals surface area contributed by atoms with Crippen LogP contribution in [0.25, 0.3) is 11.2 Å². The highest BCUT2D eigenvalue weighted by Crippen LogP contribution is 2.20. The van der Waals surface area contributed by atoms with Gasteiger partial charge >= 0.3 is 0 Å². The number of imidazole rings is 1. The normalized spacial score (nSPS) is 10.8. The minimum Gasteiger partial charge on any atom is -0.368 e. The fraction of sp³-hybridized carbons (Fsp3) is 0.455. The van der Waals surface area contributed by atoms with Crippen LogP contribution in [0.2, 0.25) is 5.28 Å². The minimum absolute atomic E-state index is 0.142. The van der Waals surface area contributed by atoms with Crippen molar-refractivity contribution in [3.05, 3.63) is 11.6 Å². The van der Waals surface area contributed by atoms with Crippen molar-refractivity contribution in [2.45, 2.75) is 26.3 Å². The Hall–Kier alpha value is -1.93. The highest BCUT2D eigenvalue weighted by molar-refractivity contribution is 6.28. The summed E-state index contributed by atoms with van der Waals surface area (Å²) in [5.41, 5.74) is 2.85. The molecule has 2 rings (SSSR count). The number of fused-ring (bicyclic) bond motifs is 1. The third-order valence-electron chi connectivity index (χ3n) is 2.71. The van der Waals surface area contributed by atoms with Crippen molar-refractivity contribution in [3.63, 3.8) is 0 Å². The van der Waals surface area contributed by atoms with E-state index in [4.69, 9.17) is 16.8 Å². The van der Waals surface area contributed by atoms with E-state index >= 15 is 0 Å². The van der Waals surface area contributed by atoms with E-state index in [2.05, 4.69) is 20.3 Å². The minimum atomic E-state index is -0.421. The third-order valence-corrected chi connectivity index (χ3v) is 2.88. The molecule has 20 heavy (non-hydrogen) atoms. The van der Waals surface area contributed by atoms with Gasteiger partial charge in [0, 0.05) is 19.5 Å². The molecule has 2 aromatic rings. The van der Waals surface area contributed by atoms with Crippen molar-refractivity contribution in [3.8, 4) is 0 Å². The van der Waals surface area contributed by atoms with Crippen molar-refractivity contribution in [2.75, 3.05) is 11.9 Å². The summed E-state index contributed by atoms with van der Waals surface area (Å²) in [6.45, 7) is 3.20. The zero-order valence-electron chi connectivity index (χ0n) is 10.9. The number of nitrogens with zero attached hydrogens (tertiary/aromatic N) is 4. The molecular weight excluding hydrogens is 284 g/mol. The van der Waals surface area contributed by atoms with Gasteiger partial charge < -0.3 is 9.88 Å². The fourth-order valence-electron chi connectivity index (χ4n) is 1.84. The van der Waals surface area contributed by atoms with E-state index in [1.165, 1.54) is 0 Å². The van der Waals surface area contributed by atoms with E-state index < -0.39 is 5.91 Å². The van der Waals surface area contributed by atoms with Crippen molar-refractivity contribution >= 4 is 34.5 Å². The Balaban J connectivity index is 2.20. The number of aromatic nitrogens is 4. The molecule has 0 saturated heterocycles. The summed E-state index contributed by atoms with van der Waals surface area (Å²) in [6, 6.07) is 0. The van der Waals surface area contributed by atoms with E-state index in [1.54, 1.807) is 16.4 Å². The van der Waals surface area contributed by atoms with Crippen LogP contribution in [0.1, 0.15) is 19.8 Å². The lowest BCUT2D eigenvalue weighted by Crippen LogP contribution is -2.18. The molecule has 2 heterocycles. The molecule has 0 fully saturated rings. The molecule has 8 nitrogen and oxygen atoms in total. The van der Waals surface area contributed by atoms with Gasteiger partial charge in [-0.3, -0.25) is 10.0 Å². The average Bonchev–Trinajstić information content (AvgIpc) is 2.82. The lowest BCUT2D eigenvalue weighted by atomic mass is 10.3. The molecule has 9 heteroatoms. The van der Waals surface area contributed by atoms with Gasteiger partial charge in [0.2, 0.25) is 11.2 Å². The van der Waals surface area contributed by atoms with E-state index in [0.717, 1.165) is 0 Å². The molecule has 1 amide bonds. The number of amides is 1. The van der Waals surface area contributed by atoms with Gasteiger partial charge in [-0.1, -0.05) is 0 Å². The van der Waals surface area contributed by atoms with Crippen molar-refractivity contribution < 1.29 is 10.0 Å². The first kappa shape index (κ1) is 14.5. The van der Waals surface area contributed by atoms with Crippen LogP contribution >= 0.6 is 11.6 Å². The average molecular weight is 299 g/mol. The zero-order chi connectivity index (χ0) is 14.5. The molecular formula is C11H15ClN6O2. The summed E-state index contributed by atoms with van der Waals surface area (Å²) in [5, 5.41) is 11.7. The third kappa shape index (κ3) is 3.14. The SMILES string of the molecule is CCNc1nc(Cl)nc2c1ncn2CCCC(=O)NO. The molecule has 0 aliphatic heterocycles. The van der Waals surface area contributed by atoms with E-state index in [9.17, 15) is 4.79 Å². The van der Waals surface area contributed by atoms with Crippen LogP contribution in [0, 0.1) is 0 Å². The van der Waals surface area contributed by atoms with Crippen LogP contribution < -0.4 is 10.8 Å². The van der Waals surface area contributed by atoms with Gasteiger partial charge in [-0.15, -0.1) is 0 Å². The van der Waals surface area contributed by atoms with Gasteiger partial charge in [-0.05, 0) is 24.9 Å². The van der Waals surface area contributed by atoms with Crippen LogP contribution in [0.4, 0.5) is 5.82 Å². The number of hydrogen-bond acceptors (Lipinski definition) is 6. The van der Waals surface area contributed by atoms with Crippen molar-refractivity contribution in [2.24, 2.45) is 0 Å². The Morgan fingerprint density at radius 3 is 3.00 bits per heavy atom. The van der Waals surface area contributed by atoms with Crippen LogP contribution in [-0.4, -0.2) is 37.2 Å². The number of rotatable bonds is 6. The maximum Gasteiger partial charge on any atom is 0.243 e. The van der Waals surface area contributed by atoms with E-state index in [-0.39, 0.29) is 11.7 Å². The fourth-order valence-corrected chi connectivity index (χ4v) is 2.00. The second-order valence-corrected chi connectivity index (χ2v) is 4.46. The molecule has 0 radical (unpaired) electrons. The Bertz CT molecular complexity index is 614. The monoisotopic (exact) mass is 298 g/mol. The Labute approximate surface area is 120 Å². The summed E-state index contributed by atoms with van der Waals surface area (Å²) in [7, 11) is 0. The molecule has 0 bridgehead atoms. The molecule has 0 unspecified atom stereocenters. The molecule has 0 aliphatic carbocycles. The van der Waals surface area contributed by atoms with Gasteiger partial charge in [-0.25, -0.2) is 10.5 Å². The molecule has 0 atom stereocenters. The zero-order valence-corrected chi connectivity index (χ0v) is 11.7. The van der Waals surface area contributed by atoms with Crippen LogP contribution in [-0.2, 0) is 11.3 Å². The number of carbonyl (C=O) groups excluding carboxylic acids is 1. The predicted molar refractivity (Wildman–Crippen MR) is 73.7 cm³/mol. The van der Waals surface area contributed by atoms with Gasteiger partial charge in [-0.2, -0.15) is 9.97 Å². The summed E-state index contributed by atoms with van der Waals surface area (Å²) >= 11 is 5.89. The number of nitrogens with one attached hydrogen (secondary N) is 2. The van der Waals surface area contributed by atoms with Crippen LogP contribution in [0.15, 0.2) is 6.33 Å². The van der Waals surface area contributed by atoms with Crippen molar-refractivity contribution in [1.82, 2.24) is 25.0 Å². The number of hydroxylamine groups is 1. The summed E-state index contributed by atoms with van der Waals surface area (Å²) in [5.74, 6) is 0.171. The Kier molecular flexibility index (Phi) is 4.70. The highest BCUT2D eigenvalue weighted by Gasteiger charge is 2.12. The molecule has 108 valence electrons. The lowest BCUT2D eigenvalue weighted by Gasteiger charge is -2.05. The van der Waals surface area contributed by atoms with Gasteiger partial charge in [0.1, 0.15) is 0 Å². The molecule has 0 spiro atoms. The van der Waals surface area contributed by atoms with Crippen LogP contribution in [0.5, 0.6) is 0 Å². The maximum absolute atomic E-state index is 11.0. The second-order valence-electron chi connectivity index (χ2n) is 4.12. The van der Waals surface area contributed by atoms with Crippen LogP contribution in [0.3, 0.4) is 0 Å². The number of aryl methyl sites for hydroxylation is 1. The molecule has 2 aromatic heterocycles. The summed E-state index contributed by atoms with van der Waals surface area (Å²) < 4.78 is 1.80. The largest absolute Gasteiger partial charge is 0.368 e. The maximum atomic E-state index is 11.0. The number of carbonyl (C=O) groups is 1. The Morgan fingerprint density at radius 1 is 1.50 bits per heavy atom. The van der Waals surface area contributed by atoms with E-state index in [0.29, 0.717) is 36.5 Å². The summed E-state index contributed by atoms with van der Waals surface area (Å²) in [6.07, 6.45) is 2.40. The number of halogens is 1.